The summed E-state index contributed by atoms with van der Waals surface area (Å²) in [7, 11) is 0. The van der Waals surface area contributed by atoms with Crippen LogP contribution in [0.1, 0.15) is 83.3 Å². The molecule has 188 valence electrons. The van der Waals surface area contributed by atoms with Crippen LogP contribution in [0.5, 0.6) is 0 Å². The Hall–Kier alpha value is -2.44. The minimum atomic E-state index is 0.0277. The predicted octanol–water partition coefficient (Wildman–Crippen LogP) is 6.33. The number of nitrogens with zero attached hydrogens (tertiary/aromatic N) is 2. The van der Waals surface area contributed by atoms with Gasteiger partial charge in [0.05, 0.1) is 42.3 Å². The molecule has 1 aliphatic carbocycles. The highest BCUT2D eigenvalue weighted by Gasteiger charge is 2.34. The van der Waals surface area contributed by atoms with Crippen LogP contribution in [0.25, 0.3) is 0 Å². The fourth-order valence-electron chi connectivity index (χ4n) is 6.12. The van der Waals surface area contributed by atoms with Gasteiger partial charge in [-0.2, -0.15) is 0 Å². The molecule has 2 fully saturated rings. The van der Waals surface area contributed by atoms with Crippen molar-refractivity contribution in [1.82, 2.24) is 4.98 Å². The van der Waals surface area contributed by atoms with E-state index in [0.29, 0.717) is 12.5 Å². The molecule has 1 aromatic heterocycles. The van der Waals surface area contributed by atoms with Crippen molar-refractivity contribution in [2.24, 2.45) is 5.92 Å². The fraction of sp³-hybridized carbons (Fsp3) is 0.586. The molecule has 1 saturated heterocycles. The van der Waals surface area contributed by atoms with Crippen LogP contribution in [0.3, 0.4) is 0 Å². The second kappa shape index (κ2) is 10.3. The fourth-order valence-corrected chi connectivity index (χ4v) is 6.12. The first kappa shape index (κ1) is 24.3. The number of carbonyl (C=O) groups excluding carboxylic acids is 1. The maximum Gasteiger partial charge on any atom is 0.230 e. The summed E-state index contributed by atoms with van der Waals surface area (Å²) in [6.45, 7) is 9.02. The van der Waals surface area contributed by atoms with E-state index in [9.17, 15) is 4.79 Å². The van der Waals surface area contributed by atoms with Gasteiger partial charge in [0.15, 0.2) is 0 Å². The average Bonchev–Trinajstić information content (AvgIpc) is 2.99. The molecule has 3 heterocycles. The molecule has 0 spiro atoms. The Kier molecular flexibility index (Phi) is 7.12. The third-order valence-corrected chi connectivity index (χ3v) is 7.71. The van der Waals surface area contributed by atoms with Crippen LogP contribution in [0.4, 0.5) is 17.2 Å². The first-order valence-electron chi connectivity index (χ1n) is 13.3. The van der Waals surface area contributed by atoms with Crippen molar-refractivity contribution in [3.63, 3.8) is 0 Å². The third-order valence-electron chi connectivity index (χ3n) is 7.71. The van der Waals surface area contributed by atoms with Gasteiger partial charge in [-0.25, -0.2) is 4.98 Å². The normalized spacial score (nSPS) is 28.6. The van der Waals surface area contributed by atoms with Crippen LogP contribution >= 0.6 is 0 Å². The number of nitrogens with one attached hydrogen (secondary N) is 1. The third kappa shape index (κ3) is 5.39. The van der Waals surface area contributed by atoms with Crippen molar-refractivity contribution in [2.45, 2.75) is 103 Å². The summed E-state index contributed by atoms with van der Waals surface area (Å²) in [5.74, 6) is 1.51. The van der Waals surface area contributed by atoms with Gasteiger partial charge in [-0.3, -0.25) is 4.79 Å². The van der Waals surface area contributed by atoms with E-state index in [1.807, 2.05) is 11.0 Å². The Bertz CT molecular complexity index is 1040. The van der Waals surface area contributed by atoms with E-state index >= 15 is 0 Å². The van der Waals surface area contributed by atoms with E-state index in [1.165, 1.54) is 5.56 Å². The number of anilines is 3. The molecule has 1 amide bonds. The number of hydrogen-bond acceptors (Lipinski definition) is 5. The molecule has 2 unspecified atom stereocenters. The minimum Gasteiger partial charge on any atom is -0.376 e. The average molecular weight is 478 g/mol. The molecule has 2 aliphatic heterocycles. The summed E-state index contributed by atoms with van der Waals surface area (Å²) in [5, 5.41) is 3.52. The highest BCUT2D eigenvalue weighted by molar-refractivity contribution is 5.99. The Balaban J connectivity index is 1.44. The van der Waals surface area contributed by atoms with Crippen molar-refractivity contribution in [3.8, 4) is 0 Å². The molecule has 0 bridgehead atoms. The lowest BCUT2D eigenvalue weighted by atomic mass is 9.85. The van der Waals surface area contributed by atoms with E-state index in [1.54, 1.807) is 6.20 Å². The summed E-state index contributed by atoms with van der Waals surface area (Å²) >= 11 is 0. The number of benzene rings is 1. The number of rotatable bonds is 4. The smallest absolute Gasteiger partial charge is 0.230 e. The quantitative estimate of drug-likeness (QED) is 0.558. The van der Waals surface area contributed by atoms with Crippen molar-refractivity contribution in [3.05, 3.63) is 47.7 Å². The molecular weight excluding hydrogens is 438 g/mol. The maximum absolute atomic E-state index is 14.0. The number of fused-ring (bicyclic) bond motifs is 2. The van der Waals surface area contributed by atoms with E-state index < -0.39 is 0 Å². The van der Waals surface area contributed by atoms with Crippen molar-refractivity contribution < 1.29 is 14.3 Å². The summed E-state index contributed by atoms with van der Waals surface area (Å²) in [6.07, 6.45) is 8.46. The van der Waals surface area contributed by atoms with Crippen LogP contribution < -0.4 is 10.2 Å². The Morgan fingerprint density at radius 3 is 2.57 bits per heavy atom. The van der Waals surface area contributed by atoms with Crippen LogP contribution in [0.2, 0.25) is 0 Å². The van der Waals surface area contributed by atoms with Crippen LogP contribution in [-0.4, -0.2) is 35.3 Å². The minimum absolute atomic E-state index is 0.0277. The summed E-state index contributed by atoms with van der Waals surface area (Å²) in [5.41, 5.74) is 4.25. The molecule has 2 atom stereocenters. The number of carbonyl (C=O) groups is 1. The number of aromatic nitrogens is 1. The Morgan fingerprint density at radius 1 is 1.11 bits per heavy atom. The summed E-state index contributed by atoms with van der Waals surface area (Å²) in [6, 6.07) is 10.6. The molecule has 3 aliphatic rings. The molecule has 6 nitrogen and oxygen atoms in total. The molecular formula is C29H39N3O3. The van der Waals surface area contributed by atoms with E-state index in [4.69, 9.17) is 9.47 Å². The predicted molar refractivity (Wildman–Crippen MR) is 139 cm³/mol. The molecule has 1 saturated carbocycles. The molecule has 6 heteroatoms. The van der Waals surface area contributed by atoms with Crippen LogP contribution in [0, 0.1) is 5.92 Å². The van der Waals surface area contributed by atoms with Crippen LogP contribution in [0.15, 0.2) is 36.5 Å². The molecule has 35 heavy (non-hydrogen) atoms. The van der Waals surface area contributed by atoms with Gasteiger partial charge >= 0.3 is 0 Å². The van der Waals surface area contributed by atoms with Gasteiger partial charge in [-0.05, 0) is 95.9 Å². The number of ether oxygens (including phenoxy) is 2. The maximum atomic E-state index is 14.0. The lowest BCUT2D eigenvalue weighted by Crippen LogP contribution is -2.38. The number of amides is 1. The van der Waals surface area contributed by atoms with Gasteiger partial charge in [-0.15, -0.1) is 0 Å². The lowest BCUT2D eigenvalue weighted by Gasteiger charge is -2.34. The summed E-state index contributed by atoms with van der Waals surface area (Å²) in [4.78, 5) is 20.6. The van der Waals surface area contributed by atoms with Crippen molar-refractivity contribution in [2.75, 3.05) is 10.2 Å². The topological polar surface area (TPSA) is 63.7 Å². The van der Waals surface area contributed by atoms with E-state index in [0.717, 1.165) is 61.3 Å². The molecule has 1 N–H and O–H groups in total. The standard InChI is InChI=1S/C29H39N3O3/c1-18(2)34-25-10-7-21(8-11-25)29(33)32-17-23-6-5-13-30-28(23)31-26-12-9-22(16-27(26)32)24-14-19(3)35-20(4)15-24/h5-6,9,12-13,16,18-21,24-25H,7-8,10-11,14-15,17H2,1-4H3,(H,30,31). The van der Waals surface area contributed by atoms with Crippen LogP contribution in [-0.2, 0) is 20.8 Å². The van der Waals surface area contributed by atoms with E-state index in [-0.39, 0.29) is 36.2 Å². The zero-order valence-corrected chi connectivity index (χ0v) is 21.5. The molecule has 2 aromatic rings. The first-order chi connectivity index (χ1) is 16.9. The highest BCUT2D eigenvalue weighted by atomic mass is 16.5. The largest absolute Gasteiger partial charge is 0.376 e. The van der Waals surface area contributed by atoms with Gasteiger partial charge < -0.3 is 19.7 Å². The van der Waals surface area contributed by atoms with Gasteiger partial charge in [0.2, 0.25) is 5.91 Å². The van der Waals surface area contributed by atoms with Gasteiger partial charge in [-0.1, -0.05) is 12.1 Å². The Labute approximate surface area is 209 Å². The monoisotopic (exact) mass is 477 g/mol. The lowest BCUT2D eigenvalue weighted by molar-refractivity contribution is -0.124. The SMILES string of the molecule is CC(C)OC1CCC(C(=O)N2Cc3cccnc3Nc3ccc(C4CC(C)OC(C)C4)cc32)CC1. The number of pyridine rings is 1. The number of hydrogen-bond donors (Lipinski definition) is 1. The van der Waals surface area contributed by atoms with Gasteiger partial charge in [0.1, 0.15) is 5.82 Å². The second-order valence-corrected chi connectivity index (χ2v) is 10.9. The molecule has 1 aromatic carbocycles. The Morgan fingerprint density at radius 2 is 1.86 bits per heavy atom. The molecule has 5 rings (SSSR count). The van der Waals surface area contributed by atoms with Crippen molar-refractivity contribution in [1.29, 1.82) is 0 Å². The second-order valence-electron chi connectivity index (χ2n) is 10.9. The van der Waals surface area contributed by atoms with E-state index in [2.05, 4.69) is 62.3 Å². The zero-order chi connectivity index (χ0) is 24.5. The van der Waals surface area contributed by atoms with Gasteiger partial charge in [0, 0.05) is 17.7 Å². The van der Waals surface area contributed by atoms with Crippen molar-refractivity contribution >= 4 is 23.1 Å². The molecule has 0 radical (unpaired) electrons. The first-order valence-corrected chi connectivity index (χ1v) is 13.3. The summed E-state index contributed by atoms with van der Waals surface area (Å²) < 4.78 is 12.0. The highest BCUT2D eigenvalue weighted by Crippen LogP contribution is 2.41. The van der Waals surface area contributed by atoms with Gasteiger partial charge in [0.25, 0.3) is 0 Å². The zero-order valence-electron chi connectivity index (χ0n) is 21.5.